The molecule has 0 radical (unpaired) electrons. The SMILES string of the molecule is Cc1ccc(C(CNC(=O)CN(C)C(=O)c2ccc(NC(=O)NCc3ccccc3)s2)C(=O)O)cc1. The van der Waals surface area contributed by atoms with Gasteiger partial charge in [-0.15, -0.1) is 11.3 Å². The van der Waals surface area contributed by atoms with Gasteiger partial charge in [0, 0.05) is 20.1 Å². The molecule has 188 valence electrons. The van der Waals surface area contributed by atoms with E-state index in [1.54, 1.807) is 24.3 Å². The summed E-state index contributed by atoms with van der Waals surface area (Å²) < 4.78 is 0. The van der Waals surface area contributed by atoms with Crippen molar-refractivity contribution in [3.63, 3.8) is 0 Å². The Bertz CT molecular complexity index is 1210. The minimum absolute atomic E-state index is 0.0928. The Balaban J connectivity index is 1.48. The number of carbonyl (C=O) groups excluding carboxylic acids is 3. The van der Waals surface area contributed by atoms with Crippen LogP contribution in [-0.2, 0) is 16.1 Å². The Morgan fingerprint density at radius 1 is 0.944 bits per heavy atom. The van der Waals surface area contributed by atoms with Crippen molar-refractivity contribution in [2.45, 2.75) is 19.4 Å². The van der Waals surface area contributed by atoms with Crippen LogP contribution in [0.15, 0.2) is 66.7 Å². The molecule has 4 amide bonds. The first-order chi connectivity index (χ1) is 17.2. The molecular formula is C26H28N4O5S. The van der Waals surface area contributed by atoms with Crippen molar-refractivity contribution in [3.8, 4) is 0 Å². The number of anilines is 1. The van der Waals surface area contributed by atoms with E-state index in [2.05, 4.69) is 16.0 Å². The molecule has 1 unspecified atom stereocenters. The summed E-state index contributed by atoms with van der Waals surface area (Å²) in [5, 5.41) is 18.1. The molecule has 0 saturated heterocycles. The van der Waals surface area contributed by atoms with Gasteiger partial charge in [-0.3, -0.25) is 19.7 Å². The van der Waals surface area contributed by atoms with Gasteiger partial charge < -0.3 is 20.6 Å². The average molecular weight is 509 g/mol. The van der Waals surface area contributed by atoms with Gasteiger partial charge in [0.15, 0.2) is 0 Å². The third-order valence-electron chi connectivity index (χ3n) is 5.36. The summed E-state index contributed by atoms with van der Waals surface area (Å²) >= 11 is 1.09. The lowest BCUT2D eigenvalue weighted by Gasteiger charge is -2.18. The zero-order chi connectivity index (χ0) is 26.1. The first kappa shape index (κ1) is 26.4. The molecule has 1 heterocycles. The van der Waals surface area contributed by atoms with Gasteiger partial charge in [-0.05, 0) is 30.2 Å². The fourth-order valence-corrected chi connectivity index (χ4v) is 4.24. The number of hydrogen-bond donors (Lipinski definition) is 4. The summed E-state index contributed by atoms with van der Waals surface area (Å²) in [7, 11) is 1.48. The maximum atomic E-state index is 12.7. The van der Waals surface area contributed by atoms with Gasteiger partial charge in [0.05, 0.1) is 22.3 Å². The van der Waals surface area contributed by atoms with E-state index in [4.69, 9.17) is 0 Å². The summed E-state index contributed by atoms with van der Waals surface area (Å²) in [6.07, 6.45) is 0. The van der Waals surface area contributed by atoms with E-state index in [0.29, 0.717) is 22.0 Å². The third kappa shape index (κ3) is 7.67. The number of likely N-dealkylation sites (N-methyl/N-ethyl adjacent to an activating group) is 1. The van der Waals surface area contributed by atoms with Gasteiger partial charge in [0.2, 0.25) is 5.91 Å². The Hall–Kier alpha value is -4.18. The minimum Gasteiger partial charge on any atom is -0.481 e. The van der Waals surface area contributed by atoms with Crippen molar-refractivity contribution in [3.05, 3.63) is 88.3 Å². The van der Waals surface area contributed by atoms with Crippen molar-refractivity contribution in [2.24, 2.45) is 0 Å². The topological polar surface area (TPSA) is 128 Å². The summed E-state index contributed by atoms with van der Waals surface area (Å²) in [6.45, 7) is 1.94. The van der Waals surface area contributed by atoms with E-state index in [-0.39, 0.29) is 19.0 Å². The van der Waals surface area contributed by atoms with Crippen LogP contribution in [0.25, 0.3) is 0 Å². The van der Waals surface area contributed by atoms with Gasteiger partial charge in [-0.1, -0.05) is 60.2 Å². The molecule has 0 bridgehead atoms. The lowest BCUT2D eigenvalue weighted by atomic mass is 9.98. The molecule has 0 aliphatic rings. The number of carbonyl (C=O) groups is 4. The van der Waals surface area contributed by atoms with Crippen molar-refractivity contribution >= 4 is 40.2 Å². The number of carboxylic acid groups (broad SMARTS) is 1. The average Bonchev–Trinajstić information content (AvgIpc) is 3.32. The Morgan fingerprint density at radius 3 is 2.31 bits per heavy atom. The normalized spacial score (nSPS) is 11.3. The van der Waals surface area contributed by atoms with E-state index in [1.807, 2.05) is 49.4 Å². The van der Waals surface area contributed by atoms with Gasteiger partial charge in [-0.25, -0.2) is 4.79 Å². The Labute approximate surface area is 213 Å². The molecule has 1 aromatic heterocycles. The van der Waals surface area contributed by atoms with Crippen LogP contribution in [0.1, 0.15) is 32.3 Å². The van der Waals surface area contributed by atoms with E-state index in [9.17, 15) is 24.3 Å². The summed E-state index contributed by atoms with van der Waals surface area (Å²) in [4.78, 5) is 50.5. The quantitative estimate of drug-likeness (QED) is 0.334. The summed E-state index contributed by atoms with van der Waals surface area (Å²) in [5.41, 5.74) is 2.55. The molecule has 9 nitrogen and oxygen atoms in total. The number of amides is 4. The molecule has 0 saturated carbocycles. The highest BCUT2D eigenvalue weighted by Gasteiger charge is 2.22. The molecule has 0 aliphatic carbocycles. The number of carboxylic acids is 1. The first-order valence-electron chi connectivity index (χ1n) is 11.2. The maximum absolute atomic E-state index is 12.7. The number of aliphatic carboxylic acids is 1. The zero-order valence-corrected chi connectivity index (χ0v) is 20.8. The van der Waals surface area contributed by atoms with E-state index in [1.165, 1.54) is 11.9 Å². The van der Waals surface area contributed by atoms with Crippen molar-refractivity contribution < 1.29 is 24.3 Å². The molecule has 3 aromatic rings. The number of rotatable bonds is 10. The zero-order valence-electron chi connectivity index (χ0n) is 20.0. The Morgan fingerprint density at radius 2 is 1.64 bits per heavy atom. The lowest BCUT2D eigenvalue weighted by Crippen LogP contribution is -2.40. The molecule has 0 aliphatic heterocycles. The molecule has 1 atom stereocenters. The summed E-state index contributed by atoms with van der Waals surface area (Å²) in [6, 6.07) is 19.3. The molecule has 10 heteroatoms. The predicted octanol–water partition coefficient (Wildman–Crippen LogP) is 3.43. The van der Waals surface area contributed by atoms with E-state index >= 15 is 0 Å². The minimum atomic E-state index is -1.05. The lowest BCUT2D eigenvalue weighted by molar-refractivity contribution is -0.138. The highest BCUT2D eigenvalue weighted by atomic mass is 32.1. The highest BCUT2D eigenvalue weighted by molar-refractivity contribution is 7.18. The monoisotopic (exact) mass is 508 g/mol. The number of thiophene rings is 1. The van der Waals surface area contributed by atoms with Crippen LogP contribution in [0.2, 0.25) is 0 Å². The van der Waals surface area contributed by atoms with Crippen LogP contribution in [-0.4, -0.2) is 54.0 Å². The molecular weight excluding hydrogens is 480 g/mol. The van der Waals surface area contributed by atoms with Gasteiger partial charge in [0.25, 0.3) is 5.91 Å². The molecule has 0 spiro atoms. The van der Waals surface area contributed by atoms with Crippen LogP contribution in [0, 0.1) is 6.92 Å². The van der Waals surface area contributed by atoms with Crippen LogP contribution < -0.4 is 16.0 Å². The van der Waals surface area contributed by atoms with E-state index < -0.39 is 23.8 Å². The fourth-order valence-electron chi connectivity index (χ4n) is 3.35. The van der Waals surface area contributed by atoms with Crippen LogP contribution in [0.5, 0.6) is 0 Å². The number of aryl methyl sites for hydroxylation is 1. The van der Waals surface area contributed by atoms with Gasteiger partial charge in [0.1, 0.15) is 0 Å². The second-order valence-electron chi connectivity index (χ2n) is 8.22. The second kappa shape index (κ2) is 12.5. The number of nitrogens with one attached hydrogen (secondary N) is 3. The largest absolute Gasteiger partial charge is 0.481 e. The smallest absolute Gasteiger partial charge is 0.320 e. The number of urea groups is 1. The summed E-state index contributed by atoms with van der Waals surface area (Å²) in [5.74, 6) is -2.80. The van der Waals surface area contributed by atoms with Crippen molar-refractivity contribution in [1.82, 2.24) is 15.5 Å². The van der Waals surface area contributed by atoms with Crippen LogP contribution in [0.4, 0.5) is 9.80 Å². The third-order valence-corrected chi connectivity index (χ3v) is 6.35. The second-order valence-corrected chi connectivity index (χ2v) is 9.31. The Kier molecular flexibility index (Phi) is 9.18. The van der Waals surface area contributed by atoms with E-state index in [0.717, 1.165) is 22.5 Å². The molecule has 4 N–H and O–H groups in total. The van der Waals surface area contributed by atoms with Crippen LogP contribution >= 0.6 is 11.3 Å². The fraction of sp³-hybridized carbons (Fsp3) is 0.231. The maximum Gasteiger partial charge on any atom is 0.320 e. The number of hydrogen-bond acceptors (Lipinski definition) is 5. The molecule has 3 rings (SSSR count). The molecule has 36 heavy (non-hydrogen) atoms. The van der Waals surface area contributed by atoms with Crippen molar-refractivity contribution in [1.29, 1.82) is 0 Å². The number of benzene rings is 2. The van der Waals surface area contributed by atoms with Gasteiger partial charge >= 0.3 is 12.0 Å². The van der Waals surface area contributed by atoms with Crippen LogP contribution in [0.3, 0.4) is 0 Å². The molecule has 2 aromatic carbocycles. The van der Waals surface area contributed by atoms with Crippen molar-refractivity contribution in [2.75, 3.05) is 25.5 Å². The standard InChI is InChI=1S/C26H28N4O5S/c1-17-8-10-19(11-9-17)20(25(33)34)15-27-22(31)16-30(2)24(32)21-12-13-23(36-21)29-26(35)28-14-18-6-4-3-5-7-18/h3-13,20H,14-16H2,1-2H3,(H,27,31)(H,33,34)(H2,28,29,35). The molecule has 0 fully saturated rings. The van der Waals surface area contributed by atoms with Gasteiger partial charge in [-0.2, -0.15) is 0 Å². The predicted molar refractivity (Wildman–Crippen MR) is 138 cm³/mol. The first-order valence-corrected chi connectivity index (χ1v) is 12.0. The highest BCUT2D eigenvalue weighted by Crippen LogP contribution is 2.23. The number of nitrogens with zero attached hydrogens (tertiary/aromatic N) is 1.